The molecule has 1 aliphatic heterocycles. The Morgan fingerprint density at radius 3 is 2.68 bits per heavy atom. The molecule has 0 saturated heterocycles. The summed E-state index contributed by atoms with van der Waals surface area (Å²) in [5.41, 5.74) is 3.19. The Morgan fingerprint density at radius 1 is 1.04 bits per heavy atom. The Kier molecular flexibility index (Phi) is 4.61. The molecule has 1 aliphatic rings. The number of pyridine rings is 1. The van der Waals surface area contributed by atoms with Crippen LogP contribution in [0, 0.1) is 6.92 Å². The zero-order valence-electron chi connectivity index (χ0n) is 15.4. The van der Waals surface area contributed by atoms with E-state index in [9.17, 15) is 14.4 Å². The monoisotopic (exact) mass is 373 g/mol. The molecule has 0 unspecified atom stereocenters. The SMILES string of the molecule is Cc1ccc2c(c1)C(=O)N(CCCC(=O)Nc1cccc3cccnc13)C2=O. The summed E-state index contributed by atoms with van der Waals surface area (Å²) in [6.07, 6.45) is 2.28. The molecule has 28 heavy (non-hydrogen) atoms. The van der Waals surface area contributed by atoms with Gasteiger partial charge in [-0.2, -0.15) is 0 Å². The molecule has 2 heterocycles. The third-order valence-electron chi connectivity index (χ3n) is 4.82. The van der Waals surface area contributed by atoms with E-state index >= 15 is 0 Å². The first-order valence-electron chi connectivity index (χ1n) is 9.15. The first kappa shape index (κ1) is 17.9. The van der Waals surface area contributed by atoms with Crippen molar-refractivity contribution >= 4 is 34.3 Å². The highest BCUT2D eigenvalue weighted by molar-refractivity contribution is 6.21. The minimum absolute atomic E-state index is 0.175. The van der Waals surface area contributed by atoms with Crippen molar-refractivity contribution in [3.05, 3.63) is 71.4 Å². The summed E-state index contributed by atoms with van der Waals surface area (Å²) in [6.45, 7) is 2.10. The lowest BCUT2D eigenvalue weighted by Gasteiger charge is -2.13. The van der Waals surface area contributed by atoms with Gasteiger partial charge < -0.3 is 5.32 Å². The largest absolute Gasteiger partial charge is 0.324 e. The number of anilines is 1. The Morgan fingerprint density at radius 2 is 1.82 bits per heavy atom. The minimum atomic E-state index is -0.293. The molecule has 0 radical (unpaired) electrons. The fourth-order valence-corrected chi connectivity index (χ4v) is 3.42. The van der Waals surface area contributed by atoms with E-state index < -0.39 is 0 Å². The number of benzene rings is 2. The van der Waals surface area contributed by atoms with Gasteiger partial charge >= 0.3 is 0 Å². The lowest BCUT2D eigenvalue weighted by atomic mass is 10.1. The molecule has 0 spiro atoms. The molecule has 6 nitrogen and oxygen atoms in total. The molecule has 0 bridgehead atoms. The first-order valence-corrected chi connectivity index (χ1v) is 9.15. The predicted octanol–water partition coefficient (Wildman–Crippen LogP) is 3.56. The zero-order valence-corrected chi connectivity index (χ0v) is 15.4. The van der Waals surface area contributed by atoms with Crippen LogP contribution >= 0.6 is 0 Å². The fraction of sp³-hybridized carbons (Fsp3) is 0.182. The van der Waals surface area contributed by atoms with E-state index in [1.54, 1.807) is 24.4 Å². The maximum Gasteiger partial charge on any atom is 0.261 e. The molecule has 4 rings (SSSR count). The van der Waals surface area contributed by atoms with Gasteiger partial charge in [-0.3, -0.25) is 24.3 Å². The number of nitrogens with zero attached hydrogens (tertiary/aromatic N) is 2. The van der Waals surface area contributed by atoms with Gasteiger partial charge in [0, 0.05) is 24.5 Å². The molecule has 0 saturated carbocycles. The van der Waals surface area contributed by atoms with E-state index in [0.717, 1.165) is 16.5 Å². The van der Waals surface area contributed by atoms with Gasteiger partial charge in [-0.05, 0) is 37.6 Å². The number of hydrogen-bond donors (Lipinski definition) is 1. The van der Waals surface area contributed by atoms with Crippen molar-refractivity contribution in [2.24, 2.45) is 0 Å². The van der Waals surface area contributed by atoms with Crippen LogP contribution in [0.3, 0.4) is 0 Å². The highest BCUT2D eigenvalue weighted by atomic mass is 16.2. The first-order chi connectivity index (χ1) is 13.5. The van der Waals surface area contributed by atoms with Crippen LogP contribution in [-0.2, 0) is 4.79 Å². The average molecular weight is 373 g/mol. The van der Waals surface area contributed by atoms with Gasteiger partial charge in [-0.15, -0.1) is 0 Å². The summed E-state index contributed by atoms with van der Waals surface area (Å²) < 4.78 is 0. The molecule has 140 valence electrons. The van der Waals surface area contributed by atoms with Crippen LogP contribution in [0.1, 0.15) is 39.1 Å². The molecule has 0 aliphatic carbocycles. The molecule has 1 aromatic heterocycles. The number of amides is 3. The molecule has 0 fully saturated rings. The van der Waals surface area contributed by atoms with Crippen LogP contribution in [0.25, 0.3) is 10.9 Å². The summed E-state index contributed by atoms with van der Waals surface area (Å²) >= 11 is 0. The summed E-state index contributed by atoms with van der Waals surface area (Å²) in [7, 11) is 0. The Balaban J connectivity index is 1.37. The van der Waals surface area contributed by atoms with E-state index in [1.165, 1.54) is 4.90 Å². The summed E-state index contributed by atoms with van der Waals surface area (Å²) in [5, 5.41) is 3.81. The van der Waals surface area contributed by atoms with Crippen molar-refractivity contribution in [3.8, 4) is 0 Å². The van der Waals surface area contributed by atoms with Gasteiger partial charge in [-0.25, -0.2) is 0 Å². The topological polar surface area (TPSA) is 79.4 Å². The number of carbonyl (C=O) groups is 3. The zero-order chi connectivity index (χ0) is 19.7. The number of nitrogens with one attached hydrogen (secondary N) is 1. The molecule has 0 atom stereocenters. The van der Waals surface area contributed by atoms with Gasteiger partial charge in [-0.1, -0.05) is 29.8 Å². The van der Waals surface area contributed by atoms with Crippen LogP contribution in [0.15, 0.2) is 54.7 Å². The van der Waals surface area contributed by atoms with Crippen LogP contribution in [-0.4, -0.2) is 34.2 Å². The maximum absolute atomic E-state index is 12.5. The van der Waals surface area contributed by atoms with Crippen LogP contribution in [0.2, 0.25) is 0 Å². The van der Waals surface area contributed by atoms with Crippen molar-refractivity contribution < 1.29 is 14.4 Å². The van der Waals surface area contributed by atoms with E-state index in [2.05, 4.69) is 10.3 Å². The predicted molar refractivity (Wildman–Crippen MR) is 106 cm³/mol. The van der Waals surface area contributed by atoms with E-state index in [-0.39, 0.29) is 30.7 Å². The molecule has 3 aromatic rings. The second-order valence-corrected chi connectivity index (χ2v) is 6.84. The highest BCUT2D eigenvalue weighted by Gasteiger charge is 2.34. The van der Waals surface area contributed by atoms with Gasteiger partial charge in [0.15, 0.2) is 0 Å². The van der Waals surface area contributed by atoms with Crippen LogP contribution in [0.4, 0.5) is 5.69 Å². The lowest BCUT2D eigenvalue weighted by Crippen LogP contribution is -2.31. The average Bonchev–Trinajstić information content (AvgIpc) is 2.92. The van der Waals surface area contributed by atoms with Crippen molar-refractivity contribution in [2.75, 3.05) is 11.9 Å². The van der Waals surface area contributed by atoms with Gasteiger partial charge in [0.25, 0.3) is 11.8 Å². The molecule has 3 amide bonds. The number of fused-ring (bicyclic) bond motifs is 2. The Bertz CT molecular complexity index is 1100. The molecular weight excluding hydrogens is 354 g/mol. The fourth-order valence-electron chi connectivity index (χ4n) is 3.42. The number of imide groups is 1. The minimum Gasteiger partial charge on any atom is -0.324 e. The maximum atomic E-state index is 12.5. The van der Waals surface area contributed by atoms with Gasteiger partial charge in [0.05, 0.1) is 22.3 Å². The molecular formula is C22H19N3O3. The molecule has 6 heteroatoms. The van der Waals surface area contributed by atoms with Gasteiger partial charge in [0.2, 0.25) is 5.91 Å². The number of para-hydroxylation sites is 1. The normalized spacial score (nSPS) is 13.1. The summed E-state index contributed by atoms with van der Waals surface area (Å²) in [6, 6.07) is 14.6. The third kappa shape index (κ3) is 3.24. The van der Waals surface area contributed by atoms with Crippen molar-refractivity contribution in [2.45, 2.75) is 19.8 Å². The van der Waals surface area contributed by atoms with E-state index in [4.69, 9.17) is 0 Å². The molecule has 1 N–H and O–H groups in total. The lowest BCUT2D eigenvalue weighted by molar-refractivity contribution is -0.116. The van der Waals surface area contributed by atoms with Crippen LogP contribution in [0.5, 0.6) is 0 Å². The van der Waals surface area contributed by atoms with Crippen molar-refractivity contribution in [1.29, 1.82) is 0 Å². The number of hydrogen-bond acceptors (Lipinski definition) is 4. The van der Waals surface area contributed by atoms with E-state index in [0.29, 0.717) is 23.2 Å². The highest BCUT2D eigenvalue weighted by Crippen LogP contribution is 2.24. The number of rotatable bonds is 5. The standard InChI is InChI=1S/C22H19N3O3/c1-14-9-10-16-17(13-14)22(28)25(21(16)27)12-4-8-19(26)24-18-7-2-5-15-6-3-11-23-20(15)18/h2-3,5-7,9-11,13H,4,8,12H2,1H3,(H,24,26). The number of aromatic nitrogens is 1. The Labute approximate surface area is 162 Å². The number of aryl methyl sites for hydroxylation is 1. The smallest absolute Gasteiger partial charge is 0.261 e. The summed E-state index contributed by atoms with van der Waals surface area (Å²) in [5.74, 6) is -0.758. The third-order valence-corrected chi connectivity index (χ3v) is 4.82. The Hall–Kier alpha value is -3.54. The molecule has 2 aromatic carbocycles. The van der Waals surface area contributed by atoms with Crippen LogP contribution < -0.4 is 5.32 Å². The van der Waals surface area contributed by atoms with Crippen molar-refractivity contribution in [1.82, 2.24) is 9.88 Å². The van der Waals surface area contributed by atoms with Crippen molar-refractivity contribution in [3.63, 3.8) is 0 Å². The summed E-state index contributed by atoms with van der Waals surface area (Å²) in [4.78, 5) is 42.8. The van der Waals surface area contributed by atoms with Gasteiger partial charge in [0.1, 0.15) is 0 Å². The van der Waals surface area contributed by atoms with E-state index in [1.807, 2.05) is 37.3 Å². The second kappa shape index (κ2) is 7.23. The quantitative estimate of drug-likeness (QED) is 0.694. The number of carbonyl (C=O) groups excluding carboxylic acids is 3. The second-order valence-electron chi connectivity index (χ2n) is 6.84.